The van der Waals surface area contributed by atoms with E-state index in [0.29, 0.717) is 5.69 Å². The third-order valence-electron chi connectivity index (χ3n) is 2.57. The monoisotopic (exact) mass is 376 g/mol. The summed E-state index contributed by atoms with van der Waals surface area (Å²) in [7, 11) is 0. The molecule has 1 rings (SSSR count). The van der Waals surface area contributed by atoms with Crippen molar-refractivity contribution in [3.8, 4) is 0 Å². The van der Waals surface area contributed by atoms with Crippen LogP contribution in [0.5, 0.6) is 0 Å². The zero-order valence-electron chi connectivity index (χ0n) is 11.6. The number of carbonyl (C=O) groups is 2. The van der Waals surface area contributed by atoms with Gasteiger partial charge in [0, 0.05) is 9.37 Å². The van der Waals surface area contributed by atoms with E-state index in [2.05, 4.69) is 26.6 Å². The van der Waals surface area contributed by atoms with E-state index in [0.717, 1.165) is 22.0 Å². The quantitative estimate of drug-likeness (QED) is 0.571. The first kappa shape index (κ1) is 17.8. The number of hydrogen-bond acceptors (Lipinski definition) is 4. The fourth-order valence-electron chi connectivity index (χ4n) is 1.39. The summed E-state index contributed by atoms with van der Waals surface area (Å²) in [6.07, 6.45) is 0. The number of para-hydroxylation sites is 1. The van der Waals surface area contributed by atoms with Crippen molar-refractivity contribution in [1.82, 2.24) is 5.32 Å². The van der Waals surface area contributed by atoms with Gasteiger partial charge in [0.25, 0.3) is 0 Å². The number of urea groups is 1. The Labute approximate surface area is 135 Å². The van der Waals surface area contributed by atoms with E-state index in [1.54, 1.807) is 17.8 Å². The summed E-state index contributed by atoms with van der Waals surface area (Å²) in [5.41, 5.74) is -1.40. The smallest absolute Gasteiger partial charge is 0.337 e. The van der Waals surface area contributed by atoms with Crippen molar-refractivity contribution in [2.45, 2.75) is 24.3 Å². The van der Waals surface area contributed by atoms with E-state index in [9.17, 15) is 14.7 Å². The summed E-state index contributed by atoms with van der Waals surface area (Å²) in [6.45, 7) is 2.72. The number of hydrogen-bond donors (Lipinski definition) is 4. The Morgan fingerprint density at radius 2 is 2.10 bits per heavy atom. The molecule has 0 aliphatic rings. The maximum Gasteiger partial charge on any atom is 0.337 e. The van der Waals surface area contributed by atoms with Crippen LogP contribution in [0.3, 0.4) is 0 Å². The van der Waals surface area contributed by atoms with Gasteiger partial charge in [0.05, 0.1) is 12.2 Å². The summed E-state index contributed by atoms with van der Waals surface area (Å²) in [5, 5.41) is 23.3. The fourth-order valence-corrected chi connectivity index (χ4v) is 2.77. The Morgan fingerprint density at radius 3 is 2.67 bits per heavy atom. The van der Waals surface area contributed by atoms with Crippen molar-refractivity contribution in [2.75, 3.05) is 17.6 Å². The Hall–Kier alpha value is -1.25. The molecular formula is C13H17BrN2O4S. The lowest BCUT2D eigenvalue weighted by atomic mass is 10.1. The van der Waals surface area contributed by atoms with Crippen molar-refractivity contribution in [1.29, 1.82) is 0 Å². The first-order chi connectivity index (χ1) is 9.77. The lowest BCUT2D eigenvalue weighted by Gasteiger charge is -2.19. The molecule has 0 saturated carbocycles. The van der Waals surface area contributed by atoms with Crippen LogP contribution < -0.4 is 10.6 Å². The van der Waals surface area contributed by atoms with Gasteiger partial charge < -0.3 is 20.8 Å². The van der Waals surface area contributed by atoms with Crippen LogP contribution in [-0.4, -0.2) is 40.1 Å². The van der Waals surface area contributed by atoms with Crippen molar-refractivity contribution in [2.24, 2.45) is 0 Å². The van der Waals surface area contributed by atoms with Crippen LogP contribution in [0.2, 0.25) is 0 Å². The average Bonchev–Trinajstić information content (AvgIpc) is 2.40. The van der Waals surface area contributed by atoms with Gasteiger partial charge in [0.15, 0.2) is 5.60 Å². The van der Waals surface area contributed by atoms with Crippen molar-refractivity contribution < 1.29 is 19.8 Å². The number of aliphatic hydroxyl groups is 1. The highest BCUT2D eigenvalue weighted by Gasteiger charge is 2.30. The van der Waals surface area contributed by atoms with E-state index >= 15 is 0 Å². The van der Waals surface area contributed by atoms with Crippen LogP contribution in [-0.2, 0) is 4.79 Å². The molecule has 1 aromatic carbocycles. The maximum absolute atomic E-state index is 11.8. The van der Waals surface area contributed by atoms with Gasteiger partial charge in [-0.3, -0.25) is 0 Å². The largest absolute Gasteiger partial charge is 0.479 e. The number of rotatable bonds is 6. The highest BCUT2D eigenvalue weighted by atomic mass is 79.9. The summed E-state index contributed by atoms with van der Waals surface area (Å²) in [5.74, 6) is -0.550. The van der Waals surface area contributed by atoms with Gasteiger partial charge in [-0.1, -0.05) is 13.0 Å². The molecule has 8 heteroatoms. The maximum atomic E-state index is 11.8. The summed E-state index contributed by atoms with van der Waals surface area (Å²) in [4.78, 5) is 23.5. The summed E-state index contributed by atoms with van der Waals surface area (Å²) < 4.78 is 0.723. The van der Waals surface area contributed by atoms with Crippen LogP contribution in [0, 0.1) is 0 Å². The summed E-state index contributed by atoms with van der Waals surface area (Å²) >= 11 is 4.93. The third-order valence-corrected chi connectivity index (χ3v) is 4.17. The van der Waals surface area contributed by atoms with Crippen molar-refractivity contribution >= 4 is 45.4 Å². The lowest BCUT2D eigenvalue weighted by molar-refractivity contribution is -0.155. The number of halogens is 1. The molecule has 0 aliphatic heterocycles. The first-order valence-corrected chi connectivity index (χ1v) is 7.97. The molecule has 0 heterocycles. The number of nitrogens with one attached hydrogen (secondary N) is 2. The number of benzene rings is 1. The van der Waals surface area contributed by atoms with E-state index in [1.807, 2.05) is 19.1 Å². The predicted octanol–water partition coefficient (Wildman–Crippen LogP) is 2.52. The van der Waals surface area contributed by atoms with E-state index in [4.69, 9.17) is 5.11 Å². The predicted molar refractivity (Wildman–Crippen MR) is 85.8 cm³/mol. The van der Waals surface area contributed by atoms with Crippen LogP contribution in [0.25, 0.3) is 0 Å². The minimum atomic E-state index is -2.01. The Bertz CT molecular complexity index is 537. The number of carboxylic acid groups (broad SMARTS) is 1. The van der Waals surface area contributed by atoms with Crippen molar-refractivity contribution in [3.63, 3.8) is 0 Å². The van der Waals surface area contributed by atoms with Gasteiger partial charge in [0.2, 0.25) is 0 Å². The SMILES string of the molecule is CCSc1cccc(Br)c1NC(=O)NCC(C)(O)C(=O)O. The van der Waals surface area contributed by atoms with E-state index in [-0.39, 0.29) is 0 Å². The normalized spacial score (nSPS) is 13.3. The van der Waals surface area contributed by atoms with Gasteiger partial charge in [0.1, 0.15) is 0 Å². The molecule has 2 amide bonds. The molecule has 0 aliphatic carbocycles. The number of carboxylic acids is 1. The van der Waals surface area contributed by atoms with Crippen LogP contribution >= 0.6 is 27.7 Å². The zero-order chi connectivity index (χ0) is 16.0. The Morgan fingerprint density at radius 1 is 1.43 bits per heavy atom. The van der Waals surface area contributed by atoms with Crippen LogP contribution in [0.15, 0.2) is 27.6 Å². The molecule has 1 unspecified atom stereocenters. The Kier molecular flexibility index (Phi) is 6.50. The molecule has 6 nitrogen and oxygen atoms in total. The zero-order valence-corrected chi connectivity index (χ0v) is 14.0. The minimum absolute atomic E-state index is 0.394. The molecule has 0 saturated heterocycles. The standard InChI is InChI=1S/C13H17BrN2O4S/c1-3-21-9-6-4-5-8(14)10(9)16-12(19)15-7-13(2,20)11(17)18/h4-6,20H,3,7H2,1-2H3,(H,17,18)(H2,15,16,19). The lowest BCUT2D eigenvalue weighted by Crippen LogP contribution is -2.47. The molecule has 0 radical (unpaired) electrons. The van der Waals surface area contributed by atoms with Gasteiger partial charge >= 0.3 is 12.0 Å². The number of amides is 2. The van der Waals surface area contributed by atoms with Gasteiger partial charge in [-0.25, -0.2) is 9.59 Å². The molecule has 1 atom stereocenters. The molecule has 4 N–H and O–H groups in total. The van der Waals surface area contributed by atoms with Crippen LogP contribution in [0.1, 0.15) is 13.8 Å². The number of thioether (sulfide) groups is 1. The van der Waals surface area contributed by atoms with Gasteiger partial charge in [-0.05, 0) is 40.7 Å². The fraction of sp³-hybridized carbons (Fsp3) is 0.385. The number of carbonyl (C=O) groups excluding carboxylic acids is 1. The number of aliphatic carboxylic acids is 1. The van der Waals surface area contributed by atoms with E-state index < -0.39 is 24.1 Å². The highest BCUT2D eigenvalue weighted by molar-refractivity contribution is 9.10. The number of anilines is 1. The van der Waals surface area contributed by atoms with Crippen molar-refractivity contribution in [3.05, 3.63) is 22.7 Å². The molecule has 0 spiro atoms. The topological polar surface area (TPSA) is 98.7 Å². The van der Waals surface area contributed by atoms with Gasteiger partial charge in [-0.15, -0.1) is 11.8 Å². The minimum Gasteiger partial charge on any atom is -0.479 e. The molecule has 1 aromatic rings. The molecule has 0 fully saturated rings. The molecule has 0 aromatic heterocycles. The first-order valence-electron chi connectivity index (χ1n) is 6.20. The average molecular weight is 377 g/mol. The molecule has 21 heavy (non-hydrogen) atoms. The second-order valence-corrected chi connectivity index (χ2v) is 6.59. The highest BCUT2D eigenvalue weighted by Crippen LogP contribution is 2.33. The van der Waals surface area contributed by atoms with Crippen LogP contribution in [0.4, 0.5) is 10.5 Å². The second-order valence-electron chi connectivity index (χ2n) is 4.43. The second kappa shape index (κ2) is 7.67. The molecule has 116 valence electrons. The van der Waals surface area contributed by atoms with E-state index in [1.165, 1.54) is 0 Å². The van der Waals surface area contributed by atoms with Gasteiger partial charge in [-0.2, -0.15) is 0 Å². The molecule has 0 bridgehead atoms. The third kappa shape index (κ3) is 5.22. The summed E-state index contributed by atoms with van der Waals surface area (Å²) in [6, 6.07) is 4.95. The molecular weight excluding hydrogens is 360 g/mol. The Balaban J connectivity index is 2.73.